The molecule has 0 atom stereocenters. The highest BCUT2D eigenvalue weighted by Crippen LogP contribution is 2.17. The average molecular weight is 269 g/mol. The van der Waals surface area contributed by atoms with E-state index < -0.39 is 0 Å². The van der Waals surface area contributed by atoms with Gasteiger partial charge in [-0.1, -0.05) is 6.58 Å². The number of H-pyrrole nitrogens is 2. The molecule has 20 heavy (non-hydrogen) atoms. The summed E-state index contributed by atoms with van der Waals surface area (Å²) >= 11 is 0. The first-order valence-corrected chi connectivity index (χ1v) is 5.99. The third kappa shape index (κ3) is 2.64. The van der Waals surface area contributed by atoms with E-state index in [2.05, 4.69) is 38.2 Å². The van der Waals surface area contributed by atoms with Crippen LogP contribution in [-0.2, 0) is 0 Å². The van der Waals surface area contributed by atoms with Gasteiger partial charge in [0.2, 0.25) is 5.95 Å². The van der Waals surface area contributed by atoms with Crippen LogP contribution >= 0.6 is 0 Å². The predicted molar refractivity (Wildman–Crippen MR) is 81.7 cm³/mol. The Bertz CT molecular complexity index is 751. The van der Waals surface area contributed by atoms with Gasteiger partial charge in [0.25, 0.3) is 5.56 Å². The first-order chi connectivity index (χ1) is 9.55. The first kappa shape index (κ1) is 13.7. The molecule has 102 valence electrons. The molecule has 2 aromatic rings. The highest BCUT2D eigenvalue weighted by molar-refractivity contribution is 5.83. The van der Waals surface area contributed by atoms with Gasteiger partial charge in [-0.25, -0.2) is 9.98 Å². The summed E-state index contributed by atoms with van der Waals surface area (Å²) in [7, 11) is 0. The monoisotopic (exact) mass is 269 g/mol. The molecule has 0 amide bonds. The standard InChI is InChI=1S/C14H15N5O/c1-5-10-8(2)9(3)11(17-10)7-16-12-6-13(20)19-14(15-4)18-12/h5-7,17H,1,4H2,2-3H3,(H,18,19,20). The van der Waals surface area contributed by atoms with Gasteiger partial charge >= 0.3 is 0 Å². The molecule has 0 fully saturated rings. The molecule has 0 saturated heterocycles. The first-order valence-electron chi connectivity index (χ1n) is 5.99. The van der Waals surface area contributed by atoms with Gasteiger partial charge < -0.3 is 4.98 Å². The number of nitrogens with one attached hydrogen (secondary N) is 2. The van der Waals surface area contributed by atoms with Crippen molar-refractivity contribution in [1.82, 2.24) is 15.0 Å². The fraction of sp³-hybridized carbons (Fsp3) is 0.143. The minimum absolute atomic E-state index is 0.149. The quantitative estimate of drug-likeness (QED) is 0.835. The third-order valence-corrected chi connectivity index (χ3v) is 3.04. The van der Waals surface area contributed by atoms with E-state index in [9.17, 15) is 4.79 Å². The SMILES string of the molecule is C=Cc1[nH]c(C=Nc2cc(=O)[nH]c(N=C)n2)c(C)c1C. The van der Waals surface area contributed by atoms with Crippen molar-refractivity contribution < 1.29 is 0 Å². The molecular formula is C14H15N5O. The number of hydrogen-bond donors (Lipinski definition) is 2. The lowest BCUT2D eigenvalue weighted by Gasteiger charge is -1.95. The van der Waals surface area contributed by atoms with Gasteiger partial charge in [0, 0.05) is 11.8 Å². The Balaban J connectivity index is 2.39. The smallest absolute Gasteiger partial charge is 0.254 e. The van der Waals surface area contributed by atoms with Gasteiger partial charge in [-0.05, 0) is 37.8 Å². The third-order valence-electron chi connectivity index (χ3n) is 3.04. The van der Waals surface area contributed by atoms with Gasteiger partial charge in [0.05, 0.1) is 11.9 Å². The van der Waals surface area contributed by atoms with Gasteiger partial charge in [-0.2, -0.15) is 4.98 Å². The van der Waals surface area contributed by atoms with E-state index >= 15 is 0 Å². The van der Waals surface area contributed by atoms with Crippen molar-refractivity contribution in [2.45, 2.75) is 13.8 Å². The summed E-state index contributed by atoms with van der Waals surface area (Å²) in [5, 5.41) is 0. The fourth-order valence-corrected chi connectivity index (χ4v) is 1.77. The summed E-state index contributed by atoms with van der Waals surface area (Å²) < 4.78 is 0. The summed E-state index contributed by atoms with van der Waals surface area (Å²) in [4.78, 5) is 28.8. The zero-order valence-electron chi connectivity index (χ0n) is 11.4. The van der Waals surface area contributed by atoms with Crippen molar-refractivity contribution in [2.75, 3.05) is 0 Å². The molecule has 2 aromatic heterocycles. The van der Waals surface area contributed by atoms with Gasteiger partial charge in [0.15, 0.2) is 5.82 Å². The number of rotatable bonds is 4. The van der Waals surface area contributed by atoms with Crippen molar-refractivity contribution >= 4 is 30.8 Å². The lowest BCUT2D eigenvalue weighted by molar-refractivity contribution is 1.09. The molecule has 0 unspecified atom stereocenters. The van der Waals surface area contributed by atoms with Crippen LogP contribution in [0.2, 0.25) is 0 Å². The van der Waals surface area contributed by atoms with E-state index in [-0.39, 0.29) is 17.3 Å². The van der Waals surface area contributed by atoms with Crippen LogP contribution in [0.1, 0.15) is 22.5 Å². The lowest BCUT2D eigenvalue weighted by atomic mass is 10.1. The van der Waals surface area contributed by atoms with E-state index in [1.165, 1.54) is 6.07 Å². The molecule has 0 aliphatic carbocycles. The largest absolute Gasteiger partial charge is 0.354 e. The average Bonchev–Trinajstić information content (AvgIpc) is 2.72. The van der Waals surface area contributed by atoms with Crippen molar-refractivity contribution in [2.24, 2.45) is 9.98 Å². The second-order valence-corrected chi connectivity index (χ2v) is 4.25. The van der Waals surface area contributed by atoms with Gasteiger partial charge in [0.1, 0.15) is 0 Å². The highest BCUT2D eigenvalue weighted by Gasteiger charge is 2.06. The van der Waals surface area contributed by atoms with Crippen molar-refractivity contribution in [3.63, 3.8) is 0 Å². The molecule has 0 spiro atoms. The van der Waals surface area contributed by atoms with Crippen LogP contribution in [0.3, 0.4) is 0 Å². The Kier molecular flexibility index (Phi) is 3.74. The van der Waals surface area contributed by atoms with Crippen LogP contribution in [0.5, 0.6) is 0 Å². The molecule has 0 aliphatic heterocycles. The van der Waals surface area contributed by atoms with Gasteiger partial charge in [-0.3, -0.25) is 9.78 Å². The van der Waals surface area contributed by atoms with E-state index in [0.717, 1.165) is 22.5 Å². The molecule has 0 bridgehead atoms. The van der Waals surface area contributed by atoms with Crippen LogP contribution in [0.4, 0.5) is 11.8 Å². The molecule has 0 saturated carbocycles. The molecular weight excluding hydrogens is 254 g/mol. The van der Waals surface area contributed by atoms with Crippen LogP contribution < -0.4 is 5.56 Å². The van der Waals surface area contributed by atoms with Crippen molar-refractivity contribution in [3.05, 3.63) is 45.5 Å². The molecule has 6 nitrogen and oxygen atoms in total. The second-order valence-electron chi connectivity index (χ2n) is 4.25. The van der Waals surface area contributed by atoms with E-state index in [1.807, 2.05) is 13.8 Å². The molecule has 2 rings (SSSR count). The summed E-state index contributed by atoms with van der Waals surface area (Å²) in [6, 6.07) is 1.30. The Morgan fingerprint density at radius 2 is 1.95 bits per heavy atom. The summed E-state index contributed by atoms with van der Waals surface area (Å²) in [6.07, 6.45) is 3.38. The Hall–Kier alpha value is -2.76. The predicted octanol–water partition coefficient (Wildman–Crippen LogP) is 2.44. The molecule has 0 aliphatic rings. The Morgan fingerprint density at radius 1 is 1.25 bits per heavy atom. The fourth-order valence-electron chi connectivity index (χ4n) is 1.77. The summed E-state index contributed by atoms with van der Waals surface area (Å²) in [5.41, 5.74) is 3.69. The van der Waals surface area contributed by atoms with Crippen molar-refractivity contribution in [3.8, 4) is 0 Å². The maximum Gasteiger partial charge on any atom is 0.254 e. The van der Waals surface area contributed by atoms with Crippen LogP contribution in [0.25, 0.3) is 6.08 Å². The Morgan fingerprint density at radius 3 is 2.55 bits per heavy atom. The van der Waals surface area contributed by atoms with Crippen LogP contribution in [0.15, 0.2) is 27.4 Å². The number of nitrogens with zero attached hydrogens (tertiary/aromatic N) is 3. The maximum atomic E-state index is 11.4. The van der Waals surface area contributed by atoms with E-state index in [1.54, 1.807) is 12.3 Å². The van der Waals surface area contributed by atoms with E-state index in [4.69, 9.17) is 0 Å². The van der Waals surface area contributed by atoms with E-state index in [0.29, 0.717) is 0 Å². The maximum absolute atomic E-state index is 11.4. The summed E-state index contributed by atoms with van der Waals surface area (Å²) in [6.45, 7) is 11.1. The number of aromatic amines is 2. The zero-order chi connectivity index (χ0) is 14.7. The van der Waals surface area contributed by atoms with Crippen molar-refractivity contribution in [1.29, 1.82) is 0 Å². The zero-order valence-corrected chi connectivity index (χ0v) is 11.4. The molecule has 0 aromatic carbocycles. The minimum atomic E-state index is -0.319. The molecule has 2 N–H and O–H groups in total. The highest BCUT2D eigenvalue weighted by atomic mass is 16.1. The summed E-state index contributed by atoms with van der Waals surface area (Å²) in [5.74, 6) is 0.429. The number of aliphatic imine (C=N–C) groups is 2. The topological polar surface area (TPSA) is 86.3 Å². The minimum Gasteiger partial charge on any atom is -0.354 e. The van der Waals surface area contributed by atoms with Gasteiger partial charge in [-0.15, -0.1) is 0 Å². The normalized spacial score (nSPS) is 10.9. The van der Waals surface area contributed by atoms with Crippen LogP contribution in [0, 0.1) is 13.8 Å². The molecule has 2 heterocycles. The second kappa shape index (κ2) is 5.48. The Labute approximate surface area is 116 Å². The number of hydrogen-bond acceptors (Lipinski definition) is 4. The van der Waals surface area contributed by atoms with Crippen LogP contribution in [-0.4, -0.2) is 27.9 Å². The number of aromatic nitrogens is 3. The molecule has 0 radical (unpaired) electrons. The molecule has 6 heteroatoms. The lowest BCUT2D eigenvalue weighted by Crippen LogP contribution is -2.03.